The highest BCUT2D eigenvalue weighted by Gasteiger charge is 2.46. The van der Waals surface area contributed by atoms with Gasteiger partial charge in [-0.05, 0) is 56.3 Å². The molecule has 9 heteroatoms. The molecule has 1 unspecified atom stereocenters. The Morgan fingerprint density at radius 1 is 1.15 bits per heavy atom. The highest BCUT2D eigenvalue weighted by Crippen LogP contribution is 2.30. The van der Waals surface area contributed by atoms with Crippen molar-refractivity contribution in [3.8, 4) is 11.5 Å². The number of methoxy groups -OCH3 is 1. The van der Waals surface area contributed by atoms with Crippen molar-refractivity contribution in [3.05, 3.63) is 65.9 Å². The van der Waals surface area contributed by atoms with Crippen LogP contribution in [0.1, 0.15) is 37.8 Å². The van der Waals surface area contributed by atoms with Gasteiger partial charge in [-0.25, -0.2) is 0 Å². The summed E-state index contributed by atoms with van der Waals surface area (Å²) in [5, 5.41) is 5.77. The fourth-order valence-electron chi connectivity index (χ4n) is 5.30. The first-order valence-electron chi connectivity index (χ1n) is 13.9. The lowest BCUT2D eigenvalue weighted by Crippen LogP contribution is -2.59. The van der Waals surface area contributed by atoms with E-state index in [2.05, 4.69) is 10.6 Å². The molecule has 2 heterocycles. The van der Waals surface area contributed by atoms with Crippen LogP contribution in [0.5, 0.6) is 11.5 Å². The van der Waals surface area contributed by atoms with Crippen LogP contribution in [0.4, 0.5) is 0 Å². The fourth-order valence-corrected chi connectivity index (χ4v) is 5.30. The van der Waals surface area contributed by atoms with Gasteiger partial charge in [-0.15, -0.1) is 0 Å². The molecule has 3 amide bonds. The van der Waals surface area contributed by atoms with Crippen LogP contribution in [0, 0.1) is 5.92 Å². The third-order valence-electron chi connectivity index (χ3n) is 7.84. The number of carbonyl (C=O) groups excluding carboxylic acids is 3. The Morgan fingerprint density at radius 2 is 1.90 bits per heavy atom. The number of amides is 3. The number of carbonyl (C=O) groups is 3. The maximum Gasteiger partial charge on any atom is 0.247 e. The van der Waals surface area contributed by atoms with Gasteiger partial charge in [0.25, 0.3) is 0 Å². The number of fused-ring (bicyclic) bond motifs is 3. The second-order valence-electron chi connectivity index (χ2n) is 10.7. The van der Waals surface area contributed by atoms with Gasteiger partial charge in [0.2, 0.25) is 17.7 Å². The van der Waals surface area contributed by atoms with Crippen molar-refractivity contribution in [2.24, 2.45) is 5.92 Å². The standard InChI is InChI=1S/C31H40N4O5/c1-6-20(2)27-29(36)32-16-14-22-19-23(12-13-25(22)39-5)40-26-15-17-35(28(26)30(37)33-27)31(38)24(34(3)4)18-21-10-8-7-9-11-21/h7-14,16,19-20,24,26-28H,6,15,17-18H2,1-5H3,(H,32,36)(H,33,37)/b16-14+/t20?,24-,26-,27-,28-/m0/s1. The highest BCUT2D eigenvalue weighted by atomic mass is 16.5. The van der Waals surface area contributed by atoms with E-state index in [1.807, 2.05) is 69.2 Å². The van der Waals surface area contributed by atoms with Crippen molar-refractivity contribution >= 4 is 23.8 Å². The lowest BCUT2D eigenvalue weighted by atomic mass is 9.97. The van der Waals surface area contributed by atoms with Gasteiger partial charge in [0.05, 0.1) is 13.2 Å². The molecule has 0 saturated carbocycles. The summed E-state index contributed by atoms with van der Waals surface area (Å²) in [5.41, 5.74) is 1.75. The molecular weight excluding hydrogens is 508 g/mol. The molecule has 1 fully saturated rings. The largest absolute Gasteiger partial charge is 0.496 e. The SMILES string of the molecule is CCC(C)[C@@H]1NC(=O)[C@@H]2[C@H](CCN2C(=O)[C@H](Cc2ccccc2)N(C)C)Oc2ccc(OC)c(c2)/C=C/NC1=O. The van der Waals surface area contributed by atoms with Crippen molar-refractivity contribution in [2.75, 3.05) is 27.7 Å². The first-order chi connectivity index (χ1) is 19.2. The first-order valence-corrected chi connectivity index (χ1v) is 13.9. The third-order valence-corrected chi connectivity index (χ3v) is 7.84. The zero-order chi connectivity index (χ0) is 28.8. The van der Waals surface area contributed by atoms with E-state index in [4.69, 9.17) is 9.47 Å². The molecule has 40 heavy (non-hydrogen) atoms. The van der Waals surface area contributed by atoms with E-state index in [9.17, 15) is 14.4 Å². The van der Waals surface area contributed by atoms with Crippen molar-refractivity contribution in [2.45, 2.75) is 57.3 Å². The molecule has 214 valence electrons. The van der Waals surface area contributed by atoms with E-state index < -0.39 is 30.1 Å². The van der Waals surface area contributed by atoms with Gasteiger partial charge in [0.1, 0.15) is 29.7 Å². The van der Waals surface area contributed by atoms with Crippen LogP contribution in [-0.4, -0.2) is 79.5 Å². The summed E-state index contributed by atoms with van der Waals surface area (Å²) in [6.45, 7) is 4.26. The Balaban J connectivity index is 1.71. The molecule has 2 aliphatic rings. The van der Waals surface area contributed by atoms with Crippen molar-refractivity contribution in [1.82, 2.24) is 20.4 Å². The number of rotatable bonds is 7. The molecule has 4 rings (SSSR count). The van der Waals surface area contributed by atoms with Gasteiger partial charge < -0.3 is 25.0 Å². The van der Waals surface area contributed by atoms with E-state index in [1.165, 1.54) is 0 Å². The summed E-state index contributed by atoms with van der Waals surface area (Å²) in [4.78, 5) is 44.7. The number of nitrogens with one attached hydrogen (secondary N) is 2. The Labute approximate surface area is 236 Å². The minimum Gasteiger partial charge on any atom is -0.496 e. The molecule has 5 atom stereocenters. The van der Waals surface area contributed by atoms with Crippen molar-refractivity contribution in [1.29, 1.82) is 0 Å². The van der Waals surface area contributed by atoms with Crippen LogP contribution in [0.25, 0.3) is 6.08 Å². The number of nitrogens with zero attached hydrogens (tertiary/aromatic N) is 2. The number of likely N-dealkylation sites (tertiary alicyclic amines) is 1. The zero-order valence-corrected chi connectivity index (χ0v) is 23.9. The summed E-state index contributed by atoms with van der Waals surface area (Å²) < 4.78 is 11.9. The van der Waals surface area contributed by atoms with Crippen molar-refractivity contribution < 1.29 is 23.9 Å². The Kier molecular flexibility index (Phi) is 9.47. The van der Waals surface area contributed by atoms with E-state index in [0.717, 1.165) is 11.1 Å². The van der Waals surface area contributed by atoms with Gasteiger partial charge in [-0.3, -0.25) is 19.3 Å². The lowest BCUT2D eigenvalue weighted by Gasteiger charge is -2.34. The first kappa shape index (κ1) is 29.1. The second-order valence-corrected chi connectivity index (χ2v) is 10.7. The molecule has 0 spiro atoms. The van der Waals surface area contributed by atoms with Gasteiger partial charge in [0.15, 0.2) is 0 Å². The predicted octanol–water partition coefficient (Wildman–Crippen LogP) is 2.85. The van der Waals surface area contributed by atoms with Gasteiger partial charge >= 0.3 is 0 Å². The number of ether oxygens (including phenoxy) is 2. The number of benzene rings is 2. The van der Waals surface area contributed by atoms with Gasteiger partial charge in [-0.1, -0.05) is 50.6 Å². The molecule has 1 saturated heterocycles. The van der Waals surface area contributed by atoms with Crippen LogP contribution < -0.4 is 20.1 Å². The minimum absolute atomic E-state index is 0.129. The molecule has 0 radical (unpaired) electrons. The van der Waals surface area contributed by atoms with E-state index in [0.29, 0.717) is 37.3 Å². The van der Waals surface area contributed by atoms with Crippen molar-refractivity contribution in [3.63, 3.8) is 0 Å². The summed E-state index contributed by atoms with van der Waals surface area (Å²) in [7, 11) is 5.32. The fraction of sp³-hybridized carbons (Fsp3) is 0.452. The number of hydrogen-bond donors (Lipinski definition) is 2. The predicted molar refractivity (Wildman–Crippen MR) is 154 cm³/mol. The Morgan fingerprint density at radius 3 is 2.58 bits per heavy atom. The van der Waals surface area contributed by atoms with Crippen LogP contribution in [0.15, 0.2) is 54.7 Å². The second kappa shape index (κ2) is 13.0. The molecule has 2 bridgehead atoms. The van der Waals surface area contributed by atoms with E-state index >= 15 is 0 Å². The normalized spacial score (nSPS) is 23.4. The van der Waals surface area contributed by atoms with Gasteiger partial charge in [0, 0.05) is 24.7 Å². The minimum atomic E-state index is -0.899. The topological polar surface area (TPSA) is 100 Å². The number of hydrogen-bond acceptors (Lipinski definition) is 6. The average Bonchev–Trinajstić information content (AvgIpc) is 3.37. The summed E-state index contributed by atoms with van der Waals surface area (Å²) in [6.07, 6.45) is 4.37. The molecule has 2 N–H and O–H groups in total. The van der Waals surface area contributed by atoms with Crippen LogP contribution in [-0.2, 0) is 20.8 Å². The highest BCUT2D eigenvalue weighted by molar-refractivity contribution is 5.94. The monoisotopic (exact) mass is 548 g/mol. The quantitative estimate of drug-likeness (QED) is 0.552. The van der Waals surface area contributed by atoms with Crippen LogP contribution in [0.2, 0.25) is 0 Å². The number of likely N-dealkylation sites (N-methyl/N-ethyl adjacent to an activating group) is 1. The average molecular weight is 549 g/mol. The molecule has 2 aromatic rings. The molecule has 2 aliphatic heterocycles. The molecule has 0 aliphatic carbocycles. The Hall–Kier alpha value is -3.85. The van der Waals surface area contributed by atoms with E-state index in [1.54, 1.807) is 36.4 Å². The molecule has 0 aromatic heterocycles. The molecular formula is C31H40N4O5. The zero-order valence-electron chi connectivity index (χ0n) is 23.9. The lowest BCUT2D eigenvalue weighted by molar-refractivity contribution is -0.144. The van der Waals surface area contributed by atoms with Crippen LogP contribution >= 0.6 is 0 Å². The maximum absolute atomic E-state index is 14.1. The summed E-state index contributed by atoms with van der Waals surface area (Å²) in [6, 6.07) is 13.1. The van der Waals surface area contributed by atoms with Crippen LogP contribution in [0.3, 0.4) is 0 Å². The third kappa shape index (κ3) is 6.47. The maximum atomic E-state index is 14.1. The Bertz CT molecular complexity index is 1230. The van der Waals surface area contributed by atoms with Gasteiger partial charge in [-0.2, -0.15) is 0 Å². The molecule has 2 aromatic carbocycles. The van der Waals surface area contributed by atoms with E-state index in [-0.39, 0.29) is 17.7 Å². The molecule has 9 nitrogen and oxygen atoms in total. The summed E-state index contributed by atoms with van der Waals surface area (Å²) >= 11 is 0. The smallest absolute Gasteiger partial charge is 0.247 e. The summed E-state index contributed by atoms with van der Waals surface area (Å²) in [5.74, 6) is 0.175.